The van der Waals surface area contributed by atoms with Crippen LogP contribution in [0.5, 0.6) is 0 Å². The summed E-state index contributed by atoms with van der Waals surface area (Å²) in [6.07, 6.45) is 1.53. The van der Waals surface area contributed by atoms with Gasteiger partial charge in [0.25, 0.3) is 5.91 Å². The van der Waals surface area contributed by atoms with Gasteiger partial charge in [-0.1, -0.05) is 51.1 Å². The van der Waals surface area contributed by atoms with Gasteiger partial charge in [-0.2, -0.15) is 0 Å². The van der Waals surface area contributed by atoms with Gasteiger partial charge in [0.05, 0.1) is 0 Å². The van der Waals surface area contributed by atoms with Crippen LogP contribution >= 0.6 is 0 Å². The number of rotatable bonds is 2. The van der Waals surface area contributed by atoms with Crippen LogP contribution in [0.15, 0.2) is 36.0 Å². The van der Waals surface area contributed by atoms with E-state index in [1.54, 1.807) is 45.0 Å². The second kappa shape index (κ2) is 7.95. The molecule has 0 radical (unpaired) electrons. The number of carbonyl (C=O) groups is 4. The van der Waals surface area contributed by atoms with E-state index in [0.717, 1.165) is 0 Å². The Balaban J connectivity index is 2.28. The van der Waals surface area contributed by atoms with Crippen molar-refractivity contribution in [3.63, 3.8) is 0 Å². The van der Waals surface area contributed by atoms with E-state index in [0.29, 0.717) is 5.56 Å². The predicted molar refractivity (Wildman–Crippen MR) is 96.3 cm³/mol. The van der Waals surface area contributed by atoms with Crippen LogP contribution in [-0.2, 0) is 19.2 Å². The number of hydrogen-bond donors (Lipinski definition) is 3. The third kappa shape index (κ3) is 5.27. The molecule has 0 bridgehead atoms. The Morgan fingerprint density at radius 3 is 2.38 bits per heavy atom. The Hall–Kier alpha value is -2.96. The normalized spacial score (nSPS) is 20.5. The largest absolute Gasteiger partial charge is 0.344 e. The van der Waals surface area contributed by atoms with Crippen molar-refractivity contribution >= 4 is 29.7 Å². The summed E-state index contributed by atoms with van der Waals surface area (Å²) in [7, 11) is 0. The van der Waals surface area contributed by atoms with E-state index < -0.39 is 29.2 Å². The van der Waals surface area contributed by atoms with Crippen molar-refractivity contribution in [2.75, 3.05) is 0 Å². The first-order valence-electron chi connectivity index (χ1n) is 8.39. The van der Waals surface area contributed by atoms with E-state index in [1.165, 1.54) is 6.08 Å². The molecule has 1 aliphatic rings. The smallest absolute Gasteiger partial charge is 0.274 e. The molecule has 1 aromatic carbocycles. The summed E-state index contributed by atoms with van der Waals surface area (Å²) in [5.41, 5.74) is -0.0363. The summed E-state index contributed by atoms with van der Waals surface area (Å²) in [6, 6.07) is 8.03. The van der Waals surface area contributed by atoms with Crippen LogP contribution in [0.25, 0.3) is 6.08 Å². The summed E-state index contributed by atoms with van der Waals surface area (Å²) in [4.78, 5) is 49.0. The van der Waals surface area contributed by atoms with Crippen molar-refractivity contribution in [3.05, 3.63) is 41.6 Å². The Labute approximate surface area is 152 Å². The molecular weight excluding hydrogens is 334 g/mol. The van der Waals surface area contributed by atoms with Gasteiger partial charge in [0.1, 0.15) is 11.7 Å². The summed E-state index contributed by atoms with van der Waals surface area (Å²) < 4.78 is 0. The van der Waals surface area contributed by atoms with Crippen LogP contribution in [0.4, 0.5) is 0 Å². The standard InChI is InChI=1S/C19H23N3O4/c1-19(2,3)18(26)21-13-9-10-15(23)22-17(25)14(20-16(13)24)11-12-7-5-4-6-8-12/h4-8,11,13H,9-10H2,1-3H3,(H,20,24)(H,21,26)(H,22,23,25)/b14-11-/t13-/m0/s1. The molecule has 0 aliphatic carbocycles. The lowest BCUT2D eigenvalue weighted by Crippen LogP contribution is -2.50. The van der Waals surface area contributed by atoms with E-state index >= 15 is 0 Å². The fourth-order valence-electron chi connectivity index (χ4n) is 2.27. The van der Waals surface area contributed by atoms with Gasteiger partial charge in [0.2, 0.25) is 17.7 Å². The zero-order valence-electron chi connectivity index (χ0n) is 15.1. The molecule has 2 rings (SSSR count). The highest BCUT2D eigenvalue weighted by atomic mass is 16.2. The van der Waals surface area contributed by atoms with Gasteiger partial charge < -0.3 is 10.6 Å². The van der Waals surface area contributed by atoms with E-state index in [-0.39, 0.29) is 24.4 Å². The lowest BCUT2D eigenvalue weighted by atomic mass is 9.94. The first kappa shape index (κ1) is 19.4. The Kier molecular flexibility index (Phi) is 5.92. The van der Waals surface area contributed by atoms with Gasteiger partial charge in [-0.05, 0) is 18.1 Å². The molecule has 138 valence electrons. The highest BCUT2D eigenvalue weighted by Crippen LogP contribution is 2.15. The van der Waals surface area contributed by atoms with Crippen LogP contribution in [0.2, 0.25) is 0 Å². The lowest BCUT2D eigenvalue weighted by Gasteiger charge is -2.23. The van der Waals surface area contributed by atoms with Crippen LogP contribution in [0, 0.1) is 5.41 Å². The topological polar surface area (TPSA) is 104 Å². The van der Waals surface area contributed by atoms with Gasteiger partial charge in [-0.25, -0.2) is 0 Å². The van der Waals surface area contributed by atoms with Crippen molar-refractivity contribution in [2.45, 2.75) is 39.7 Å². The number of benzene rings is 1. The van der Waals surface area contributed by atoms with E-state index in [4.69, 9.17) is 0 Å². The molecule has 4 amide bonds. The minimum absolute atomic E-state index is 0.0487. The molecule has 3 N–H and O–H groups in total. The number of hydrogen-bond acceptors (Lipinski definition) is 4. The molecule has 1 saturated heterocycles. The van der Waals surface area contributed by atoms with Crippen LogP contribution in [0.1, 0.15) is 39.2 Å². The lowest BCUT2D eigenvalue weighted by molar-refractivity contribution is -0.133. The summed E-state index contributed by atoms with van der Waals surface area (Å²) in [5.74, 6) is -2.03. The van der Waals surface area contributed by atoms with Crippen molar-refractivity contribution in [1.29, 1.82) is 0 Å². The van der Waals surface area contributed by atoms with E-state index in [2.05, 4.69) is 16.0 Å². The number of amides is 4. The second-order valence-electron chi connectivity index (χ2n) is 7.15. The molecule has 7 heteroatoms. The molecule has 7 nitrogen and oxygen atoms in total. The molecule has 0 spiro atoms. The fourth-order valence-corrected chi connectivity index (χ4v) is 2.27. The zero-order chi connectivity index (χ0) is 19.3. The summed E-state index contributed by atoms with van der Waals surface area (Å²) in [5, 5.41) is 7.43. The minimum Gasteiger partial charge on any atom is -0.344 e. The van der Waals surface area contributed by atoms with Gasteiger partial charge in [0.15, 0.2) is 0 Å². The fraction of sp³-hybridized carbons (Fsp3) is 0.368. The molecular formula is C19H23N3O4. The number of carbonyl (C=O) groups excluding carboxylic acids is 4. The maximum atomic E-state index is 12.6. The summed E-state index contributed by atoms with van der Waals surface area (Å²) in [6.45, 7) is 5.19. The van der Waals surface area contributed by atoms with Crippen LogP contribution < -0.4 is 16.0 Å². The molecule has 1 fully saturated rings. The summed E-state index contributed by atoms with van der Waals surface area (Å²) >= 11 is 0. The van der Waals surface area contributed by atoms with Crippen LogP contribution in [-0.4, -0.2) is 29.7 Å². The average Bonchev–Trinajstić information content (AvgIpc) is 2.61. The Bertz CT molecular complexity index is 748. The third-order valence-electron chi connectivity index (χ3n) is 3.83. The molecule has 0 aromatic heterocycles. The Morgan fingerprint density at radius 2 is 1.77 bits per heavy atom. The zero-order valence-corrected chi connectivity index (χ0v) is 15.1. The van der Waals surface area contributed by atoms with Crippen molar-refractivity contribution < 1.29 is 19.2 Å². The van der Waals surface area contributed by atoms with Crippen LogP contribution in [0.3, 0.4) is 0 Å². The van der Waals surface area contributed by atoms with E-state index in [9.17, 15) is 19.2 Å². The molecule has 0 saturated carbocycles. The first-order chi connectivity index (χ1) is 12.2. The van der Waals surface area contributed by atoms with Crippen molar-refractivity contribution in [3.8, 4) is 0 Å². The highest BCUT2D eigenvalue weighted by Gasteiger charge is 2.30. The van der Waals surface area contributed by atoms with Gasteiger partial charge in [-0.3, -0.25) is 24.5 Å². The molecule has 1 heterocycles. The monoisotopic (exact) mass is 357 g/mol. The number of imide groups is 1. The van der Waals surface area contributed by atoms with E-state index in [1.807, 2.05) is 6.07 Å². The van der Waals surface area contributed by atoms with Gasteiger partial charge in [-0.15, -0.1) is 0 Å². The molecule has 1 aromatic rings. The second-order valence-corrected chi connectivity index (χ2v) is 7.15. The maximum absolute atomic E-state index is 12.6. The van der Waals surface area contributed by atoms with Gasteiger partial charge in [0, 0.05) is 11.8 Å². The molecule has 1 aliphatic heterocycles. The quantitative estimate of drug-likeness (QED) is 0.545. The molecule has 0 unspecified atom stereocenters. The maximum Gasteiger partial charge on any atom is 0.274 e. The highest BCUT2D eigenvalue weighted by molar-refractivity contribution is 6.09. The SMILES string of the molecule is CC(C)(C)C(=O)N[C@H]1CCC(=O)NC(=O)/C(=C/c2ccccc2)NC1=O. The predicted octanol–water partition coefficient (Wildman–Crippen LogP) is 1.11. The average molecular weight is 357 g/mol. The van der Waals surface area contributed by atoms with Crippen molar-refractivity contribution in [2.24, 2.45) is 5.41 Å². The van der Waals surface area contributed by atoms with Crippen molar-refractivity contribution in [1.82, 2.24) is 16.0 Å². The molecule has 1 atom stereocenters. The number of nitrogens with one attached hydrogen (secondary N) is 3. The Morgan fingerprint density at radius 1 is 1.12 bits per heavy atom. The third-order valence-corrected chi connectivity index (χ3v) is 3.83. The first-order valence-corrected chi connectivity index (χ1v) is 8.39. The van der Waals surface area contributed by atoms with Gasteiger partial charge >= 0.3 is 0 Å². The molecule has 26 heavy (non-hydrogen) atoms. The minimum atomic E-state index is -0.905.